The van der Waals surface area contributed by atoms with Crippen molar-refractivity contribution in [3.05, 3.63) is 0 Å². The van der Waals surface area contributed by atoms with Crippen molar-refractivity contribution in [3.8, 4) is 0 Å². The number of carboxylic acids is 1. The summed E-state index contributed by atoms with van der Waals surface area (Å²) in [5, 5.41) is 9.70. The Kier molecular flexibility index (Phi) is 7.46. The van der Waals surface area contributed by atoms with Gasteiger partial charge in [-0.25, -0.2) is 4.79 Å². The molecule has 0 spiro atoms. The van der Waals surface area contributed by atoms with Gasteiger partial charge in [0, 0.05) is 0 Å². The van der Waals surface area contributed by atoms with E-state index in [4.69, 9.17) is 28.7 Å². The lowest BCUT2D eigenvalue weighted by molar-refractivity contribution is -0.170. The van der Waals surface area contributed by atoms with Gasteiger partial charge in [-0.2, -0.15) is 0 Å². The first kappa shape index (κ1) is 23.9. The van der Waals surface area contributed by atoms with E-state index >= 15 is 0 Å². The Labute approximate surface area is 150 Å². The Morgan fingerprint density at radius 1 is 0.654 bits per heavy atom. The minimum Gasteiger partial charge on any atom is -0.479 e. The van der Waals surface area contributed by atoms with E-state index in [1.54, 1.807) is 0 Å². The molecule has 0 bridgehead atoms. The SMILES string of the molecule is C[C@H](N)C(=O)C(C(=O)[C@H](C)N)(C(=O)[C@H](C)N)[C@](N)(C(=O)O)C(=O)[C@H](C)N. The maximum absolute atomic E-state index is 12.9. The molecule has 0 amide bonds. The standard InChI is InChI=1S/C15H27N5O6/c1-5(16)9(21)14(10(22)6(2)17,11(23)7(3)18)15(20,13(25)26)12(24)8(4)19/h5-8H,16-20H2,1-4H3,(H,25,26)/t5-,6-,7-,8-,15+/m0/s1. The van der Waals surface area contributed by atoms with Crippen molar-refractivity contribution in [2.75, 3.05) is 0 Å². The van der Waals surface area contributed by atoms with Crippen LogP contribution in [0.2, 0.25) is 0 Å². The molecule has 0 aromatic rings. The molecule has 0 rings (SSSR count). The van der Waals surface area contributed by atoms with E-state index in [2.05, 4.69) is 0 Å². The maximum atomic E-state index is 12.9. The van der Waals surface area contributed by atoms with Crippen LogP contribution in [0.4, 0.5) is 0 Å². The topological polar surface area (TPSA) is 236 Å². The van der Waals surface area contributed by atoms with Crippen LogP contribution in [0.15, 0.2) is 0 Å². The van der Waals surface area contributed by atoms with E-state index in [0.717, 1.165) is 27.7 Å². The number of Topliss-reactive ketones (excluding diaryl/α,β-unsaturated/α-hetero) is 4. The monoisotopic (exact) mass is 373 g/mol. The number of aliphatic carboxylic acids is 1. The van der Waals surface area contributed by atoms with E-state index in [1.165, 1.54) is 0 Å². The van der Waals surface area contributed by atoms with Crippen molar-refractivity contribution in [2.45, 2.75) is 57.4 Å². The Morgan fingerprint density at radius 2 is 0.885 bits per heavy atom. The second-order valence-electron chi connectivity index (χ2n) is 6.47. The summed E-state index contributed by atoms with van der Waals surface area (Å²) in [6.07, 6.45) is 0. The molecule has 0 saturated carbocycles. The second kappa shape index (κ2) is 8.10. The molecule has 0 aliphatic rings. The first-order valence-electron chi connectivity index (χ1n) is 7.83. The number of rotatable bonds is 10. The largest absolute Gasteiger partial charge is 0.479 e. The highest BCUT2D eigenvalue weighted by molar-refractivity contribution is 6.36. The van der Waals surface area contributed by atoms with Gasteiger partial charge in [-0.15, -0.1) is 0 Å². The van der Waals surface area contributed by atoms with Gasteiger partial charge in [-0.05, 0) is 27.7 Å². The smallest absolute Gasteiger partial charge is 0.333 e. The van der Waals surface area contributed by atoms with Crippen LogP contribution in [0.5, 0.6) is 0 Å². The van der Waals surface area contributed by atoms with Crippen LogP contribution >= 0.6 is 0 Å². The normalized spacial score (nSPS) is 18.8. The van der Waals surface area contributed by atoms with Crippen LogP contribution in [-0.2, 0) is 24.0 Å². The van der Waals surface area contributed by atoms with Gasteiger partial charge in [0.2, 0.25) is 5.54 Å². The van der Waals surface area contributed by atoms with Crippen molar-refractivity contribution >= 4 is 29.1 Å². The zero-order chi connectivity index (χ0) is 21.2. The van der Waals surface area contributed by atoms with Gasteiger partial charge in [0.25, 0.3) is 0 Å². The molecule has 148 valence electrons. The molecular formula is C15H27N5O6. The third-order valence-corrected chi connectivity index (χ3v) is 4.08. The average molecular weight is 373 g/mol. The van der Waals surface area contributed by atoms with Crippen molar-refractivity contribution in [2.24, 2.45) is 34.1 Å². The molecule has 5 atom stereocenters. The maximum Gasteiger partial charge on any atom is 0.333 e. The summed E-state index contributed by atoms with van der Waals surface area (Å²) >= 11 is 0. The highest BCUT2D eigenvalue weighted by Crippen LogP contribution is 2.38. The summed E-state index contributed by atoms with van der Waals surface area (Å²) < 4.78 is 0. The van der Waals surface area contributed by atoms with Gasteiger partial charge in [-0.1, -0.05) is 0 Å². The van der Waals surface area contributed by atoms with Gasteiger partial charge in [-0.3, -0.25) is 19.2 Å². The molecule has 0 heterocycles. The molecule has 0 aromatic carbocycles. The Balaban J connectivity index is 7.45. The fourth-order valence-corrected chi connectivity index (χ4v) is 2.78. The third kappa shape index (κ3) is 3.44. The number of hydrogen-bond donors (Lipinski definition) is 6. The van der Waals surface area contributed by atoms with E-state index in [9.17, 15) is 29.1 Å². The fraction of sp³-hybridized carbons (Fsp3) is 0.667. The van der Waals surface area contributed by atoms with Crippen LogP contribution in [0.25, 0.3) is 0 Å². The number of carbonyl (C=O) groups is 5. The molecule has 0 fully saturated rings. The predicted octanol–water partition coefficient (Wildman–Crippen LogP) is -3.58. The molecule has 11 nitrogen and oxygen atoms in total. The van der Waals surface area contributed by atoms with Crippen LogP contribution in [0, 0.1) is 5.41 Å². The molecular weight excluding hydrogens is 346 g/mol. The molecule has 0 radical (unpaired) electrons. The molecule has 11 heteroatoms. The number of hydrogen-bond acceptors (Lipinski definition) is 10. The number of ketones is 4. The molecule has 11 N–H and O–H groups in total. The zero-order valence-electron chi connectivity index (χ0n) is 15.2. The average Bonchev–Trinajstić information content (AvgIpc) is 2.52. The summed E-state index contributed by atoms with van der Waals surface area (Å²) in [6.45, 7) is 4.43. The third-order valence-electron chi connectivity index (χ3n) is 4.08. The van der Waals surface area contributed by atoms with Crippen molar-refractivity contribution < 1.29 is 29.1 Å². The quantitative estimate of drug-likeness (QED) is 0.205. The zero-order valence-corrected chi connectivity index (χ0v) is 15.2. The first-order chi connectivity index (χ1) is 11.6. The number of carboxylic acid groups (broad SMARTS) is 1. The number of nitrogens with two attached hydrogens (primary N) is 5. The van der Waals surface area contributed by atoms with Gasteiger partial charge in [0.15, 0.2) is 28.5 Å². The van der Waals surface area contributed by atoms with Gasteiger partial charge in [0.05, 0.1) is 24.2 Å². The molecule has 26 heavy (non-hydrogen) atoms. The molecule has 0 aromatic heterocycles. The number of carbonyl (C=O) groups excluding carboxylic acids is 4. The van der Waals surface area contributed by atoms with E-state index in [-0.39, 0.29) is 0 Å². The van der Waals surface area contributed by atoms with Crippen molar-refractivity contribution in [3.63, 3.8) is 0 Å². The van der Waals surface area contributed by atoms with Crippen LogP contribution in [0.1, 0.15) is 27.7 Å². The minimum atomic E-state index is -3.33. The van der Waals surface area contributed by atoms with Crippen molar-refractivity contribution in [1.82, 2.24) is 0 Å². The van der Waals surface area contributed by atoms with E-state index < -0.39 is 64.2 Å². The summed E-state index contributed by atoms with van der Waals surface area (Å²) in [7, 11) is 0. The van der Waals surface area contributed by atoms with Crippen LogP contribution < -0.4 is 28.7 Å². The molecule has 0 saturated heterocycles. The summed E-state index contributed by atoms with van der Waals surface area (Å²) in [4.78, 5) is 63.4. The van der Waals surface area contributed by atoms with Gasteiger partial charge in [0.1, 0.15) is 0 Å². The lowest BCUT2D eigenvalue weighted by Gasteiger charge is -2.43. The van der Waals surface area contributed by atoms with E-state index in [1.807, 2.05) is 0 Å². The fourth-order valence-electron chi connectivity index (χ4n) is 2.78. The summed E-state index contributed by atoms with van der Waals surface area (Å²) in [5.74, 6) is -7.64. The summed E-state index contributed by atoms with van der Waals surface area (Å²) in [6, 6.07) is -6.09. The highest BCUT2D eigenvalue weighted by Gasteiger charge is 2.72. The Bertz CT molecular complexity index is 578. The van der Waals surface area contributed by atoms with Crippen LogP contribution in [0.3, 0.4) is 0 Å². The minimum absolute atomic E-state index is 1.10. The molecule has 0 unspecified atom stereocenters. The molecule has 0 aliphatic carbocycles. The van der Waals surface area contributed by atoms with E-state index in [0.29, 0.717) is 0 Å². The van der Waals surface area contributed by atoms with Gasteiger partial charge >= 0.3 is 5.97 Å². The lowest BCUT2D eigenvalue weighted by atomic mass is 9.56. The molecule has 0 aliphatic heterocycles. The van der Waals surface area contributed by atoms with Crippen molar-refractivity contribution in [1.29, 1.82) is 0 Å². The second-order valence-corrected chi connectivity index (χ2v) is 6.47. The summed E-state index contributed by atoms with van der Waals surface area (Å²) in [5.41, 5.74) is 21.4. The van der Waals surface area contributed by atoms with Gasteiger partial charge < -0.3 is 33.8 Å². The van der Waals surface area contributed by atoms with Crippen LogP contribution in [-0.4, -0.2) is 63.9 Å². The Hall–Kier alpha value is -2.05. The highest BCUT2D eigenvalue weighted by atomic mass is 16.4. The first-order valence-corrected chi connectivity index (χ1v) is 7.83. The predicted molar refractivity (Wildman–Crippen MR) is 91.6 cm³/mol. The lowest BCUT2D eigenvalue weighted by Crippen LogP contribution is -2.79. The Morgan fingerprint density at radius 3 is 1.04 bits per heavy atom.